The molecule has 0 aliphatic rings. The van der Waals surface area contributed by atoms with E-state index in [1.165, 1.54) is 0 Å². The van der Waals surface area contributed by atoms with Gasteiger partial charge in [0.15, 0.2) is 0 Å². The van der Waals surface area contributed by atoms with Gasteiger partial charge in [0.25, 0.3) is 10.0 Å². The second-order valence-electron chi connectivity index (χ2n) is 2.84. The highest BCUT2D eigenvalue weighted by atomic mass is 35.5. The first kappa shape index (κ1) is 19.7. The van der Waals surface area contributed by atoms with Gasteiger partial charge in [-0.1, -0.05) is 4.41 Å². The quantitative estimate of drug-likeness (QED) is 0.286. The fourth-order valence-corrected chi connectivity index (χ4v) is 3.40. The molecule has 2 amide bonds. The maximum Gasteiger partial charge on any atom is 0.344 e. The van der Waals surface area contributed by atoms with Gasteiger partial charge >= 0.3 is 6.03 Å². The standard InChI is InChI=1S/C5H12ClN3O5S2.H4N2/c1-15(11,12)8(4-3-6)9(5(7)10)16(2,13)14;1-2/h3-4H2,1-2H3,(H2,7,10);1-2H2. The van der Waals surface area contributed by atoms with Crippen LogP contribution in [0, 0.1) is 0 Å². The highest BCUT2D eigenvalue weighted by Gasteiger charge is 2.33. The minimum atomic E-state index is -4.12. The largest absolute Gasteiger partial charge is 0.349 e. The molecule has 0 rings (SSSR count). The molecule has 0 fully saturated rings. The fraction of sp³-hybridized carbons (Fsp3) is 0.800. The van der Waals surface area contributed by atoms with Crippen LogP contribution >= 0.6 is 11.6 Å². The first-order valence-corrected chi connectivity index (χ1v) is 8.41. The number of nitrogens with zero attached hydrogens (tertiary/aromatic N) is 2. The first-order valence-electron chi connectivity index (χ1n) is 4.18. The Balaban J connectivity index is 0. The van der Waals surface area contributed by atoms with Gasteiger partial charge in [0, 0.05) is 12.4 Å². The summed E-state index contributed by atoms with van der Waals surface area (Å²) in [7, 11) is -8.08. The van der Waals surface area contributed by atoms with Crippen molar-refractivity contribution < 1.29 is 21.6 Å². The zero-order valence-corrected chi connectivity index (χ0v) is 12.2. The molecule has 0 aliphatic carbocycles. The Hall–Kier alpha value is -0.660. The molecule has 0 radical (unpaired) electrons. The van der Waals surface area contributed by atoms with Crippen molar-refractivity contribution in [3.8, 4) is 0 Å². The number of sulfonamides is 2. The van der Waals surface area contributed by atoms with Crippen molar-refractivity contribution in [2.24, 2.45) is 17.4 Å². The van der Waals surface area contributed by atoms with Crippen LogP contribution in [0.25, 0.3) is 0 Å². The Morgan fingerprint density at radius 2 is 1.50 bits per heavy atom. The second-order valence-corrected chi connectivity index (χ2v) is 6.92. The lowest BCUT2D eigenvalue weighted by atomic mass is 10.8. The first-order chi connectivity index (χ1) is 8.01. The van der Waals surface area contributed by atoms with E-state index in [2.05, 4.69) is 11.7 Å². The molecule has 0 saturated carbocycles. The number of primary amides is 1. The van der Waals surface area contributed by atoms with Crippen molar-refractivity contribution in [3.63, 3.8) is 0 Å². The summed E-state index contributed by atoms with van der Waals surface area (Å²) in [4.78, 5) is 10.9. The second kappa shape index (κ2) is 7.70. The number of urea groups is 1. The average Bonchev–Trinajstić information content (AvgIpc) is 2.16. The van der Waals surface area contributed by atoms with Crippen LogP contribution in [0.1, 0.15) is 0 Å². The lowest BCUT2D eigenvalue weighted by molar-refractivity contribution is 0.172. The van der Waals surface area contributed by atoms with E-state index in [9.17, 15) is 21.6 Å². The van der Waals surface area contributed by atoms with Crippen LogP contribution < -0.4 is 17.4 Å². The molecule has 0 bridgehead atoms. The van der Waals surface area contributed by atoms with Gasteiger partial charge in [0.1, 0.15) is 0 Å². The Kier molecular flexibility index (Phi) is 8.42. The van der Waals surface area contributed by atoms with Crippen LogP contribution in [0.2, 0.25) is 0 Å². The molecule has 0 spiro atoms. The number of nitrogens with two attached hydrogens (primary N) is 3. The van der Waals surface area contributed by atoms with E-state index in [1.54, 1.807) is 0 Å². The molecule has 0 aromatic rings. The van der Waals surface area contributed by atoms with Crippen LogP contribution in [0.5, 0.6) is 0 Å². The van der Waals surface area contributed by atoms with Crippen LogP contribution in [0.4, 0.5) is 4.79 Å². The highest BCUT2D eigenvalue weighted by molar-refractivity contribution is 7.91. The van der Waals surface area contributed by atoms with Crippen LogP contribution in [0.15, 0.2) is 0 Å². The zero-order valence-electron chi connectivity index (χ0n) is 9.78. The number of alkyl halides is 1. The molecule has 0 heterocycles. The topological polar surface area (TPSA) is 170 Å². The molecule has 0 unspecified atom stereocenters. The number of hydrogen-bond donors (Lipinski definition) is 3. The molecule has 0 aliphatic heterocycles. The zero-order chi connectivity index (χ0) is 15.1. The third-order valence-electron chi connectivity index (χ3n) is 1.36. The van der Waals surface area contributed by atoms with Crippen molar-refractivity contribution in [3.05, 3.63) is 0 Å². The summed E-state index contributed by atoms with van der Waals surface area (Å²) >= 11 is 5.32. The number of carbonyl (C=O) groups excluding carboxylic acids is 1. The summed E-state index contributed by atoms with van der Waals surface area (Å²) in [5.41, 5.74) is 4.81. The van der Waals surface area contributed by atoms with E-state index in [0.717, 1.165) is 6.26 Å². The van der Waals surface area contributed by atoms with Gasteiger partial charge in [0.05, 0.1) is 12.5 Å². The fourth-order valence-electron chi connectivity index (χ4n) is 0.902. The van der Waals surface area contributed by atoms with Crippen molar-refractivity contribution in [2.45, 2.75) is 0 Å². The van der Waals surface area contributed by atoms with E-state index < -0.39 is 26.1 Å². The maximum atomic E-state index is 11.3. The van der Waals surface area contributed by atoms with Gasteiger partial charge in [-0.3, -0.25) is 11.7 Å². The number of rotatable bonds is 5. The van der Waals surface area contributed by atoms with Gasteiger partial charge in [-0.05, 0) is 0 Å². The summed E-state index contributed by atoms with van der Waals surface area (Å²) in [5, 5.41) is 0. The van der Waals surface area contributed by atoms with Gasteiger partial charge in [-0.2, -0.15) is 0 Å². The molecule has 0 atom stereocenters. The number of hydrazine groups is 2. The van der Waals surface area contributed by atoms with Gasteiger partial charge in [-0.15, -0.1) is 16.0 Å². The van der Waals surface area contributed by atoms with Crippen molar-refractivity contribution in [1.82, 2.24) is 8.83 Å². The molecule has 18 heavy (non-hydrogen) atoms. The van der Waals surface area contributed by atoms with Gasteiger partial charge in [-0.25, -0.2) is 21.6 Å². The van der Waals surface area contributed by atoms with Crippen molar-refractivity contribution in [1.29, 1.82) is 0 Å². The third-order valence-corrected chi connectivity index (χ3v) is 3.75. The van der Waals surface area contributed by atoms with E-state index in [0.29, 0.717) is 10.7 Å². The van der Waals surface area contributed by atoms with E-state index in [-0.39, 0.29) is 16.8 Å². The van der Waals surface area contributed by atoms with Crippen LogP contribution in [-0.2, 0) is 20.0 Å². The van der Waals surface area contributed by atoms with Crippen molar-refractivity contribution >= 4 is 37.7 Å². The SMILES string of the molecule is CS(=O)(=O)N(CCCl)N(C(N)=O)S(C)(=O)=O.NN. The summed E-state index contributed by atoms with van der Waals surface area (Å²) in [6.07, 6.45) is 1.39. The van der Waals surface area contributed by atoms with E-state index in [4.69, 9.17) is 17.3 Å². The number of hydrogen-bond acceptors (Lipinski definition) is 7. The predicted molar refractivity (Wildman–Crippen MR) is 66.9 cm³/mol. The number of halogens is 1. The molecular weight excluding hydrogens is 310 g/mol. The predicted octanol–water partition coefficient (Wildman–Crippen LogP) is -2.44. The molecule has 0 aromatic carbocycles. The lowest BCUT2D eigenvalue weighted by Gasteiger charge is -2.28. The van der Waals surface area contributed by atoms with Gasteiger partial charge < -0.3 is 5.73 Å². The molecule has 0 saturated heterocycles. The Bertz CT molecular complexity index is 463. The molecular formula is C5H16ClN5O5S2. The highest BCUT2D eigenvalue weighted by Crippen LogP contribution is 2.09. The van der Waals surface area contributed by atoms with E-state index in [1.807, 2.05) is 0 Å². The minimum Gasteiger partial charge on any atom is -0.349 e. The lowest BCUT2D eigenvalue weighted by Crippen LogP contribution is -2.54. The third kappa shape index (κ3) is 6.32. The summed E-state index contributed by atoms with van der Waals surface area (Å²) < 4.78 is 45.2. The minimum absolute atomic E-state index is 0.0370. The molecule has 0 aromatic heterocycles. The average molecular weight is 326 g/mol. The smallest absolute Gasteiger partial charge is 0.344 e. The summed E-state index contributed by atoms with van der Waals surface area (Å²) in [6, 6.07) is -1.42. The Morgan fingerprint density at radius 1 is 1.11 bits per heavy atom. The normalized spacial score (nSPS) is 11.7. The number of carbonyl (C=O) groups is 1. The molecule has 110 valence electrons. The van der Waals surface area contributed by atoms with E-state index >= 15 is 0 Å². The molecule has 13 heteroatoms. The monoisotopic (exact) mass is 325 g/mol. The summed E-state index contributed by atoms with van der Waals surface area (Å²) in [6.45, 7) is -0.379. The Morgan fingerprint density at radius 3 is 1.67 bits per heavy atom. The Labute approximate surface area is 111 Å². The molecule has 10 nitrogen and oxygen atoms in total. The van der Waals surface area contributed by atoms with Crippen molar-refractivity contribution in [2.75, 3.05) is 24.9 Å². The van der Waals surface area contributed by atoms with Crippen LogP contribution in [0.3, 0.4) is 0 Å². The number of amides is 2. The summed E-state index contributed by atoms with van der Waals surface area (Å²) in [5.74, 6) is 7.81. The van der Waals surface area contributed by atoms with Crippen LogP contribution in [-0.4, -0.2) is 56.6 Å². The maximum absolute atomic E-state index is 11.3. The van der Waals surface area contributed by atoms with Gasteiger partial charge in [0.2, 0.25) is 10.0 Å². The molecule has 6 N–H and O–H groups in total.